The average molecular weight is 355 g/mol. The van der Waals surface area contributed by atoms with Crippen LogP contribution in [0.15, 0.2) is 0 Å². The summed E-state index contributed by atoms with van der Waals surface area (Å²) in [5.41, 5.74) is -0.543. The Bertz CT molecular complexity index is 463. The van der Waals surface area contributed by atoms with Gasteiger partial charge in [0.15, 0.2) is 0 Å². The maximum Gasteiger partial charge on any atom is 0.407 e. The van der Waals surface area contributed by atoms with Gasteiger partial charge in [0, 0.05) is 38.5 Å². The lowest BCUT2D eigenvalue weighted by atomic mass is 9.96. The van der Waals surface area contributed by atoms with Gasteiger partial charge in [0.25, 0.3) is 0 Å². The molecule has 1 saturated heterocycles. The highest BCUT2D eigenvalue weighted by molar-refractivity contribution is 5.78. The molecule has 0 aromatic carbocycles. The second-order valence-corrected chi connectivity index (χ2v) is 7.91. The Morgan fingerprint density at radius 3 is 2.24 bits per heavy atom. The molecule has 0 unspecified atom stereocenters. The monoisotopic (exact) mass is 355 g/mol. The van der Waals surface area contributed by atoms with E-state index in [0.29, 0.717) is 12.5 Å². The van der Waals surface area contributed by atoms with Gasteiger partial charge in [0.2, 0.25) is 11.8 Å². The normalized spacial score (nSPS) is 15.8. The predicted octanol–water partition coefficient (Wildman–Crippen LogP) is 1.91. The Morgan fingerprint density at radius 1 is 1.12 bits per heavy atom. The van der Waals surface area contributed by atoms with E-state index in [-0.39, 0.29) is 30.7 Å². The van der Waals surface area contributed by atoms with Gasteiger partial charge in [0.1, 0.15) is 5.60 Å². The highest BCUT2D eigenvalue weighted by atomic mass is 16.6. The van der Waals surface area contributed by atoms with Gasteiger partial charge < -0.3 is 20.3 Å². The van der Waals surface area contributed by atoms with E-state index in [1.165, 1.54) is 0 Å². The van der Waals surface area contributed by atoms with Crippen LogP contribution in [0.5, 0.6) is 0 Å². The fourth-order valence-corrected chi connectivity index (χ4v) is 2.66. The van der Waals surface area contributed by atoms with Crippen LogP contribution in [0.25, 0.3) is 0 Å². The molecule has 1 heterocycles. The van der Waals surface area contributed by atoms with Gasteiger partial charge in [-0.15, -0.1) is 0 Å². The summed E-state index contributed by atoms with van der Waals surface area (Å²) in [6, 6.07) is 0. The first-order valence-electron chi connectivity index (χ1n) is 9.11. The summed E-state index contributed by atoms with van der Waals surface area (Å²) < 4.78 is 5.11. The van der Waals surface area contributed by atoms with Crippen LogP contribution in [-0.4, -0.2) is 54.6 Å². The zero-order valence-electron chi connectivity index (χ0n) is 16.2. The zero-order valence-corrected chi connectivity index (χ0v) is 16.2. The number of rotatable bonds is 6. The zero-order chi connectivity index (χ0) is 19.0. The van der Waals surface area contributed by atoms with Crippen LogP contribution < -0.4 is 10.6 Å². The van der Waals surface area contributed by atoms with Crippen molar-refractivity contribution in [2.24, 2.45) is 11.8 Å². The van der Waals surface area contributed by atoms with Gasteiger partial charge in [-0.3, -0.25) is 9.59 Å². The molecule has 7 heteroatoms. The lowest BCUT2D eigenvalue weighted by molar-refractivity contribution is -0.136. The highest BCUT2D eigenvalue weighted by Gasteiger charge is 2.24. The van der Waals surface area contributed by atoms with Crippen molar-refractivity contribution in [2.45, 2.75) is 59.5 Å². The largest absolute Gasteiger partial charge is 0.444 e. The topological polar surface area (TPSA) is 87.7 Å². The number of alkyl carbamates (subject to hydrolysis) is 1. The Labute approximate surface area is 150 Å². The van der Waals surface area contributed by atoms with Gasteiger partial charge in [0.05, 0.1) is 0 Å². The van der Waals surface area contributed by atoms with Crippen LogP contribution >= 0.6 is 0 Å². The van der Waals surface area contributed by atoms with Crippen LogP contribution in [0, 0.1) is 11.8 Å². The van der Waals surface area contributed by atoms with Crippen molar-refractivity contribution in [1.29, 1.82) is 0 Å². The van der Waals surface area contributed by atoms with Crippen molar-refractivity contribution >= 4 is 17.9 Å². The first kappa shape index (κ1) is 21.3. The van der Waals surface area contributed by atoms with E-state index in [4.69, 9.17) is 4.74 Å². The molecule has 0 aliphatic carbocycles. The van der Waals surface area contributed by atoms with Crippen molar-refractivity contribution in [3.8, 4) is 0 Å². The minimum absolute atomic E-state index is 0.0359. The number of nitrogens with zero attached hydrogens (tertiary/aromatic N) is 1. The van der Waals surface area contributed by atoms with E-state index >= 15 is 0 Å². The molecule has 144 valence electrons. The third kappa shape index (κ3) is 8.74. The molecular weight excluding hydrogens is 322 g/mol. The number of hydrogen-bond acceptors (Lipinski definition) is 4. The van der Waals surface area contributed by atoms with Gasteiger partial charge in [-0.05, 0) is 39.5 Å². The maximum atomic E-state index is 11.9. The van der Waals surface area contributed by atoms with E-state index in [1.807, 2.05) is 18.7 Å². The SMILES string of the molecule is CC(C)C(=O)N1CCC(CNC(=O)CCNC(=O)OC(C)(C)C)CC1. The lowest BCUT2D eigenvalue weighted by Gasteiger charge is -2.33. The van der Waals surface area contributed by atoms with Gasteiger partial charge in [-0.2, -0.15) is 0 Å². The molecule has 25 heavy (non-hydrogen) atoms. The van der Waals surface area contributed by atoms with Crippen LogP contribution in [0.3, 0.4) is 0 Å². The summed E-state index contributed by atoms with van der Waals surface area (Å²) in [5, 5.41) is 5.48. The molecule has 0 aromatic rings. The molecule has 0 aromatic heterocycles. The molecule has 0 atom stereocenters. The second kappa shape index (κ2) is 9.63. The van der Waals surface area contributed by atoms with Crippen LogP contribution in [0.2, 0.25) is 0 Å². The van der Waals surface area contributed by atoms with E-state index in [2.05, 4.69) is 10.6 Å². The molecule has 7 nitrogen and oxygen atoms in total. The van der Waals surface area contributed by atoms with E-state index in [0.717, 1.165) is 25.9 Å². The Kier molecular flexibility index (Phi) is 8.19. The summed E-state index contributed by atoms with van der Waals surface area (Å²) in [4.78, 5) is 37.2. The Morgan fingerprint density at radius 2 is 1.72 bits per heavy atom. The Hall–Kier alpha value is -1.79. The standard InChI is InChI=1S/C18H33N3O4/c1-13(2)16(23)21-10-7-14(8-11-21)12-20-15(22)6-9-19-17(24)25-18(3,4)5/h13-14H,6-12H2,1-5H3,(H,19,24)(H,20,22). The molecule has 1 aliphatic heterocycles. The number of likely N-dealkylation sites (tertiary alicyclic amines) is 1. The number of piperidine rings is 1. The quantitative estimate of drug-likeness (QED) is 0.762. The lowest BCUT2D eigenvalue weighted by Crippen LogP contribution is -2.43. The third-order valence-corrected chi connectivity index (χ3v) is 4.03. The van der Waals surface area contributed by atoms with Gasteiger partial charge in [-0.25, -0.2) is 4.79 Å². The summed E-state index contributed by atoms with van der Waals surface area (Å²) in [7, 11) is 0. The molecule has 3 amide bonds. The summed E-state index contributed by atoms with van der Waals surface area (Å²) in [5.74, 6) is 0.556. The Balaban J connectivity index is 2.15. The number of carbonyl (C=O) groups excluding carboxylic acids is 3. The molecule has 0 saturated carbocycles. The van der Waals surface area contributed by atoms with Crippen molar-refractivity contribution < 1.29 is 19.1 Å². The summed E-state index contributed by atoms with van der Waals surface area (Å²) >= 11 is 0. The number of hydrogen-bond donors (Lipinski definition) is 2. The van der Waals surface area contributed by atoms with Crippen molar-refractivity contribution in [3.05, 3.63) is 0 Å². The molecule has 1 rings (SSSR count). The molecular formula is C18H33N3O4. The first-order valence-corrected chi connectivity index (χ1v) is 9.11. The van der Waals surface area contributed by atoms with Crippen LogP contribution in [0.4, 0.5) is 4.79 Å². The van der Waals surface area contributed by atoms with Crippen LogP contribution in [0.1, 0.15) is 53.9 Å². The minimum atomic E-state index is -0.543. The average Bonchev–Trinajstić information content (AvgIpc) is 2.51. The third-order valence-electron chi connectivity index (χ3n) is 4.03. The van der Waals surface area contributed by atoms with Gasteiger partial charge in [-0.1, -0.05) is 13.8 Å². The number of ether oxygens (including phenoxy) is 1. The van der Waals surface area contributed by atoms with Gasteiger partial charge >= 0.3 is 6.09 Å². The second-order valence-electron chi connectivity index (χ2n) is 7.91. The molecule has 1 fully saturated rings. The van der Waals surface area contributed by atoms with Crippen molar-refractivity contribution in [3.63, 3.8) is 0 Å². The van der Waals surface area contributed by atoms with Crippen LogP contribution in [-0.2, 0) is 14.3 Å². The number of carbonyl (C=O) groups is 3. The smallest absolute Gasteiger partial charge is 0.407 e. The molecule has 2 N–H and O–H groups in total. The fraction of sp³-hybridized carbons (Fsp3) is 0.833. The highest BCUT2D eigenvalue weighted by Crippen LogP contribution is 2.18. The summed E-state index contributed by atoms with van der Waals surface area (Å²) in [6.45, 7) is 11.6. The predicted molar refractivity (Wildman–Crippen MR) is 96.0 cm³/mol. The molecule has 1 aliphatic rings. The maximum absolute atomic E-state index is 11.9. The van der Waals surface area contributed by atoms with E-state index < -0.39 is 11.7 Å². The fourth-order valence-electron chi connectivity index (χ4n) is 2.66. The van der Waals surface area contributed by atoms with E-state index in [1.54, 1.807) is 20.8 Å². The number of amides is 3. The van der Waals surface area contributed by atoms with E-state index in [9.17, 15) is 14.4 Å². The summed E-state index contributed by atoms with van der Waals surface area (Å²) in [6.07, 6.45) is 1.54. The van der Waals surface area contributed by atoms with Crippen molar-refractivity contribution in [2.75, 3.05) is 26.2 Å². The number of nitrogens with one attached hydrogen (secondary N) is 2. The molecule has 0 spiro atoms. The molecule has 0 radical (unpaired) electrons. The minimum Gasteiger partial charge on any atom is -0.444 e. The first-order chi connectivity index (χ1) is 11.6. The van der Waals surface area contributed by atoms with Crippen molar-refractivity contribution in [1.82, 2.24) is 15.5 Å². The molecule has 0 bridgehead atoms.